The van der Waals surface area contributed by atoms with E-state index in [-0.39, 0.29) is 24.7 Å². The minimum absolute atomic E-state index is 0.0976. The molecule has 1 unspecified atom stereocenters. The molecule has 0 saturated carbocycles. The molecule has 0 bridgehead atoms. The minimum Gasteiger partial charge on any atom is -0.460 e. The molecule has 10 nitrogen and oxygen atoms in total. The second-order valence-electron chi connectivity index (χ2n) is 12.6. The van der Waals surface area contributed by atoms with Crippen LogP contribution in [0.5, 0.6) is 0 Å². The van der Waals surface area contributed by atoms with Crippen molar-refractivity contribution in [2.45, 2.75) is 77.4 Å². The Bertz CT molecular complexity index is 1190. The highest BCUT2D eigenvalue weighted by Gasteiger charge is 2.44. The lowest BCUT2D eigenvalue weighted by atomic mass is 9.91. The highest BCUT2D eigenvalue weighted by molar-refractivity contribution is 6.23. The fourth-order valence-corrected chi connectivity index (χ4v) is 6.39. The maximum Gasteiger partial charge on any atom is 0.306 e. The van der Waals surface area contributed by atoms with E-state index in [4.69, 9.17) is 4.74 Å². The number of hydrogen-bond acceptors (Lipinski definition) is 8. The molecule has 0 spiro atoms. The summed E-state index contributed by atoms with van der Waals surface area (Å²) < 4.78 is 5.49. The third kappa shape index (κ3) is 6.22. The normalized spacial score (nSPS) is 23.4. The van der Waals surface area contributed by atoms with Crippen LogP contribution in [0.1, 0.15) is 86.4 Å². The summed E-state index contributed by atoms with van der Waals surface area (Å²) >= 11 is 0. The number of anilines is 1. The van der Waals surface area contributed by atoms with Crippen molar-refractivity contribution in [2.75, 3.05) is 37.6 Å². The average molecular weight is 553 g/mol. The van der Waals surface area contributed by atoms with Crippen LogP contribution in [0.3, 0.4) is 0 Å². The minimum atomic E-state index is -0.952. The predicted molar refractivity (Wildman–Crippen MR) is 148 cm³/mol. The molecule has 216 valence electrons. The number of ether oxygens (including phenoxy) is 1. The Hall–Kier alpha value is -3.27. The standard InChI is InChI=1S/C30H40N4O6/c1-30(2,3)40-26(36)16-19-8-12-32(13-9-19)18-20-10-14-33(15-11-20)21-4-5-22-23(17-21)29(39)34(28(22)38)24-6-7-25(35)31-27(24)37/h4-5,17,19-20,24H,6-16,18H2,1-3H3,(H,31,35,37). The second kappa shape index (κ2) is 11.3. The third-order valence-corrected chi connectivity index (χ3v) is 8.50. The average Bonchev–Trinajstić information content (AvgIpc) is 3.14. The van der Waals surface area contributed by atoms with Crippen LogP contribution in [0.4, 0.5) is 5.69 Å². The summed E-state index contributed by atoms with van der Waals surface area (Å²) in [6.07, 6.45) is 4.90. The number of fused-ring (bicyclic) bond motifs is 1. The molecule has 10 heteroatoms. The van der Waals surface area contributed by atoms with Crippen molar-refractivity contribution in [3.8, 4) is 0 Å². The number of benzene rings is 1. The molecule has 40 heavy (non-hydrogen) atoms. The first-order chi connectivity index (χ1) is 19.0. The van der Waals surface area contributed by atoms with Gasteiger partial charge in [-0.25, -0.2) is 0 Å². The van der Waals surface area contributed by atoms with Gasteiger partial charge in [0.1, 0.15) is 11.6 Å². The SMILES string of the molecule is CC(C)(C)OC(=O)CC1CCN(CC2CCN(c3ccc4c(c3)C(=O)N(C3CCC(=O)NC3=O)C4=O)CC2)CC1. The molecule has 0 radical (unpaired) electrons. The molecule has 4 heterocycles. The largest absolute Gasteiger partial charge is 0.460 e. The van der Waals surface area contributed by atoms with Crippen molar-refractivity contribution in [1.82, 2.24) is 15.1 Å². The number of imide groups is 2. The number of esters is 1. The molecule has 4 aliphatic heterocycles. The first-order valence-corrected chi connectivity index (χ1v) is 14.5. The smallest absolute Gasteiger partial charge is 0.306 e. The Labute approximate surface area is 235 Å². The lowest BCUT2D eigenvalue weighted by molar-refractivity contribution is -0.156. The van der Waals surface area contributed by atoms with Crippen molar-refractivity contribution in [3.05, 3.63) is 29.3 Å². The molecule has 3 saturated heterocycles. The van der Waals surface area contributed by atoms with Crippen molar-refractivity contribution >= 4 is 35.3 Å². The Balaban J connectivity index is 1.11. The molecule has 0 aromatic heterocycles. The summed E-state index contributed by atoms with van der Waals surface area (Å²) in [6, 6.07) is 4.39. The molecule has 0 aliphatic carbocycles. The maximum atomic E-state index is 13.2. The zero-order valence-electron chi connectivity index (χ0n) is 23.7. The number of carbonyl (C=O) groups excluding carboxylic acids is 5. The topological polar surface area (TPSA) is 116 Å². The zero-order chi connectivity index (χ0) is 28.6. The lowest BCUT2D eigenvalue weighted by Crippen LogP contribution is -2.54. The fraction of sp³-hybridized carbons (Fsp3) is 0.633. The molecule has 4 aliphatic rings. The van der Waals surface area contributed by atoms with Crippen molar-refractivity contribution in [3.63, 3.8) is 0 Å². The van der Waals surface area contributed by atoms with Crippen LogP contribution in [-0.4, -0.2) is 83.8 Å². The molecular formula is C30H40N4O6. The number of carbonyl (C=O) groups is 5. The van der Waals surface area contributed by atoms with Crippen LogP contribution in [0.2, 0.25) is 0 Å². The van der Waals surface area contributed by atoms with E-state index in [2.05, 4.69) is 15.1 Å². The van der Waals surface area contributed by atoms with Crippen LogP contribution < -0.4 is 10.2 Å². The number of likely N-dealkylation sites (tertiary alicyclic amines) is 1. The van der Waals surface area contributed by atoms with E-state index < -0.39 is 29.4 Å². The zero-order valence-corrected chi connectivity index (χ0v) is 23.7. The van der Waals surface area contributed by atoms with Gasteiger partial charge in [0.25, 0.3) is 11.8 Å². The van der Waals surface area contributed by atoms with Gasteiger partial charge in [0.15, 0.2) is 0 Å². The summed E-state index contributed by atoms with van der Waals surface area (Å²) in [5.74, 6) is -1.03. The predicted octanol–water partition coefficient (Wildman–Crippen LogP) is 2.75. The molecule has 1 N–H and O–H groups in total. The molecule has 1 aromatic rings. The van der Waals surface area contributed by atoms with Crippen LogP contribution in [0.15, 0.2) is 18.2 Å². The van der Waals surface area contributed by atoms with E-state index in [1.54, 1.807) is 12.1 Å². The quantitative estimate of drug-likeness (QED) is 0.423. The molecule has 5 rings (SSSR count). The first kappa shape index (κ1) is 28.3. The number of rotatable bonds is 6. The van der Waals surface area contributed by atoms with Crippen LogP contribution in [0, 0.1) is 11.8 Å². The summed E-state index contributed by atoms with van der Waals surface area (Å²) in [5.41, 5.74) is 1.11. The van der Waals surface area contributed by atoms with E-state index in [0.29, 0.717) is 29.4 Å². The van der Waals surface area contributed by atoms with Crippen LogP contribution >= 0.6 is 0 Å². The van der Waals surface area contributed by atoms with Crippen LogP contribution in [-0.2, 0) is 19.1 Å². The monoisotopic (exact) mass is 552 g/mol. The van der Waals surface area contributed by atoms with Gasteiger partial charge in [-0.1, -0.05) is 0 Å². The maximum absolute atomic E-state index is 13.2. The molecule has 1 atom stereocenters. The van der Waals surface area contributed by atoms with Gasteiger partial charge in [-0.2, -0.15) is 0 Å². The van der Waals surface area contributed by atoms with Gasteiger partial charge in [0, 0.05) is 38.2 Å². The van der Waals surface area contributed by atoms with Gasteiger partial charge in [-0.05, 0) is 96.0 Å². The Morgan fingerprint density at radius 2 is 1.55 bits per heavy atom. The summed E-state index contributed by atoms with van der Waals surface area (Å²) in [4.78, 5) is 68.0. The lowest BCUT2D eigenvalue weighted by Gasteiger charge is -2.38. The van der Waals surface area contributed by atoms with Crippen LogP contribution in [0.25, 0.3) is 0 Å². The number of nitrogens with one attached hydrogen (secondary N) is 1. The molecule has 1 aromatic carbocycles. The van der Waals surface area contributed by atoms with Crippen molar-refractivity contribution in [1.29, 1.82) is 0 Å². The van der Waals surface area contributed by atoms with E-state index in [0.717, 1.165) is 69.0 Å². The first-order valence-electron chi connectivity index (χ1n) is 14.5. The van der Waals surface area contributed by atoms with Gasteiger partial charge in [-0.3, -0.25) is 34.2 Å². The highest BCUT2D eigenvalue weighted by Crippen LogP contribution is 2.33. The van der Waals surface area contributed by atoms with Gasteiger partial charge in [0.05, 0.1) is 11.1 Å². The highest BCUT2D eigenvalue weighted by atomic mass is 16.6. The number of nitrogens with zero attached hydrogens (tertiary/aromatic N) is 3. The van der Waals surface area contributed by atoms with Crippen molar-refractivity contribution < 1.29 is 28.7 Å². The molecular weight excluding hydrogens is 512 g/mol. The molecule has 3 fully saturated rings. The van der Waals surface area contributed by atoms with E-state index in [9.17, 15) is 24.0 Å². The number of amides is 4. The van der Waals surface area contributed by atoms with E-state index >= 15 is 0 Å². The van der Waals surface area contributed by atoms with E-state index in [1.807, 2.05) is 26.8 Å². The van der Waals surface area contributed by atoms with Gasteiger partial charge >= 0.3 is 5.97 Å². The van der Waals surface area contributed by atoms with Gasteiger partial charge < -0.3 is 14.5 Å². The Morgan fingerprint density at radius 3 is 2.20 bits per heavy atom. The summed E-state index contributed by atoms with van der Waals surface area (Å²) in [5, 5.41) is 2.23. The Kier molecular flexibility index (Phi) is 7.99. The number of hydrogen-bond donors (Lipinski definition) is 1. The Morgan fingerprint density at radius 1 is 0.900 bits per heavy atom. The summed E-state index contributed by atoms with van der Waals surface area (Å²) in [7, 11) is 0. The van der Waals surface area contributed by atoms with Gasteiger partial charge in [-0.15, -0.1) is 0 Å². The number of piperidine rings is 3. The third-order valence-electron chi connectivity index (χ3n) is 8.50. The fourth-order valence-electron chi connectivity index (χ4n) is 6.39. The van der Waals surface area contributed by atoms with Crippen molar-refractivity contribution in [2.24, 2.45) is 11.8 Å². The summed E-state index contributed by atoms with van der Waals surface area (Å²) in [6.45, 7) is 10.5. The van der Waals surface area contributed by atoms with E-state index in [1.165, 1.54) is 0 Å². The second-order valence-corrected chi connectivity index (χ2v) is 12.6. The van der Waals surface area contributed by atoms with Gasteiger partial charge in [0.2, 0.25) is 11.8 Å². The molecule has 4 amide bonds.